The molecule has 4 rings (SSSR count). The van der Waals surface area contributed by atoms with Crippen molar-refractivity contribution in [2.45, 2.75) is 37.9 Å². The first-order valence-electron chi connectivity index (χ1n) is 10.6. The van der Waals surface area contributed by atoms with Crippen molar-refractivity contribution in [2.24, 2.45) is 0 Å². The first-order valence-corrected chi connectivity index (χ1v) is 10.6. The number of para-hydroxylation sites is 1. The molecule has 12 nitrogen and oxygen atoms in total. The van der Waals surface area contributed by atoms with Crippen LogP contribution in [0.5, 0.6) is 5.75 Å². The number of hydrogen-bond donors (Lipinski definition) is 0. The van der Waals surface area contributed by atoms with Gasteiger partial charge in [0, 0.05) is 6.92 Å². The van der Waals surface area contributed by atoms with Gasteiger partial charge in [-0.05, 0) is 29.8 Å². The molecule has 0 aliphatic carbocycles. The fraction of sp³-hybridized carbons (Fsp3) is 0.348. The summed E-state index contributed by atoms with van der Waals surface area (Å²) in [6, 6.07) is 12.2. The molecule has 35 heavy (non-hydrogen) atoms. The Labute approximate surface area is 198 Å². The van der Waals surface area contributed by atoms with Gasteiger partial charge in [0.25, 0.3) is 5.09 Å². The zero-order chi connectivity index (χ0) is 24.9. The molecule has 0 aromatic heterocycles. The summed E-state index contributed by atoms with van der Waals surface area (Å²) in [5.41, 5.74) is 0.684. The topological polar surface area (TPSA) is 150 Å². The summed E-state index contributed by atoms with van der Waals surface area (Å²) in [5, 5.41) is 9.45. The van der Waals surface area contributed by atoms with Gasteiger partial charge in [0.2, 0.25) is 0 Å². The average molecular weight is 487 g/mol. The van der Waals surface area contributed by atoms with Gasteiger partial charge in [0.1, 0.15) is 30.1 Å². The average Bonchev–Trinajstić information content (AvgIpc) is 3.41. The molecule has 2 aliphatic rings. The number of hydrogen-bond acceptors (Lipinski definition) is 11. The fourth-order valence-electron chi connectivity index (χ4n) is 3.83. The number of nitrogens with zero attached hydrogens (tertiary/aromatic N) is 1. The van der Waals surface area contributed by atoms with E-state index in [2.05, 4.69) is 4.84 Å². The van der Waals surface area contributed by atoms with E-state index in [-0.39, 0.29) is 36.7 Å². The zero-order valence-electron chi connectivity index (χ0n) is 18.5. The van der Waals surface area contributed by atoms with Gasteiger partial charge in [-0.2, -0.15) is 0 Å². The minimum atomic E-state index is -0.920. The van der Waals surface area contributed by atoms with Crippen LogP contribution in [0, 0.1) is 10.1 Å². The van der Waals surface area contributed by atoms with Crippen LogP contribution in [0.15, 0.2) is 48.5 Å². The SMILES string of the molecule is CC(=O)Oc1ccccc1C(=O)OC1CO[C@H]2[C@@H]1OC[C@H]2OC(=O)c1cccc(CO[N+](=O)[O-])c1. The van der Waals surface area contributed by atoms with E-state index in [1.165, 1.54) is 31.2 Å². The maximum absolute atomic E-state index is 12.7. The molecule has 0 bridgehead atoms. The predicted octanol–water partition coefficient (Wildman–Crippen LogP) is 1.87. The molecule has 0 amide bonds. The lowest BCUT2D eigenvalue weighted by Crippen LogP contribution is -2.36. The molecule has 0 N–H and O–H groups in total. The molecule has 0 radical (unpaired) electrons. The highest BCUT2D eigenvalue weighted by molar-refractivity contribution is 5.93. The molecule has 2 fully saturated rings. The third-order valence-electron chi connectivity index (χ3n) is 5.34. The lowest BCUT2D eigenvalue weighted by molar-refractivity contribution is -0.763. The predicted molar refractivity (Wildman–Crippen MR) is 114 cm³/mol. The van der Waals surface area contributed by atoms with Crippen molar-refractivity contribution in [3.63, 3.8) is 0 Å². The number of fused-ring (bicyclic) bond motifs is 1. The molecule has 0 spiro atoms. The molecule has 2 saturated heterocycles. The van der Waals surface area contributed by atoms with Crippen molar-refractivity contribution in [3.8, 4) is 5.75 Å². The Kier molecular flexibility index (Phi) is 7.22. The third-order valence-corrected chi connectivity index (χ3v) is 5.34. The Bertz CT molecular complexity index is 1130. The smallest absolute Gasteiger partial charge is 0.342 e. The molecular formula is C23H21NO11. The van der Waals surface area contributed by atoms with E-state index in [0.29, 0.717) is 5.56 Å². The quantitative estimate of drug-likeness (QED) is 0.232. The van der Waals surface area contributed by atoms with Crippen LogP contribution >= 0.6 is 0 Å². The lowest BCUT2D eigenvalue weighted by Gasteiger charge is -2.18. The summed E-state index contributed by atoms with van der Waals surface area (Å²) in [5.74, 6) is -1.88. The molecule has 2 heterocycles. The number of carbonyl (C=O) groups is 3. The summed E-state index contributed by atoms with van der Waals surface area (Å²) in [6.45, 7) is 0.978. The third kappa shape index (κ3) is 5.73. The molecule has 0 saturated carbocycles. The fourth-order valence-corrected chi connectivity index (χ4v) is 3.83. The van der Waals surface area contributed by atoms with Crippen LogP contribution < -0.4 is 4.74 Å². The maximum atomic E-state index is 12.7. The highest BCUT2D eigenvalue weighted by atomic mass is 16.9. The molecular weight excluding hydrogens is 466 g/mol. The van der Waals surface area contributed by atoms with Crippen LogP contribution in [0.2, 0.25) is 0 Å². The van der Waals surface area contributed by atoms with E-state index in [9.17, 15) is 24.5 Å². The number of ether oxygens (including phenoxy) is 5. The summed E-state index contributed by atoms with van der Waals surface area (Å²) >= 11 is 0. The molecule has 2 aromatic carbocycles. The molecule has 2 aliphatic heterocycles. The van der Waals surface area contributed by atoms with E-state index >= 15 is 0 Å². The Morgan fingerprint density at radius 3 is 2.29 bits per heavy atom. The Hall–Kier alpha value is -4.03. The van der Waals surface area contributed by atoms with E-state index in [4.69, 9.17) is 23.7 Å². The van der Waals surface area contributed by atoms with Crippen LogP contribution in [-0.2, 0) is 35.2 Å². The van der Waals surface area contributed by atoms with Gasteiger partial charge in [-0.3, -0.25) is 4.79 Å². The second-order valence-corrected chi connectivity index (χ2v) is 7.77. The second-order valence-electron chi connectivity index (χ2n) is 7.77. The monoisotopic (exact) mass is 487 g/mol. The summed E-state index contributed by atoms with van der Waals surface area (Å²) in [7, 11) is 0. The maximum Gasteiger partial charge on any atom is 0.342 e. The minimum absolute atomic E-state index is 0.0264. The van der Waals surface area contributed by atoms with Crippen molar-refractivity contribution in [1.29, 1.82) is 0 Å². The van der Waals surface area contributed by atoms with E-state index < -0.39 is 47.4 Å². The normalized spacial score (nSPS) is 22.7. The van der Waals surface area contributed by atoms with Crippen molar-refractivity contribution in [3.05, 3.63) is 75.3 Å². The minimum Gasteiger partial charge on any atom is -0.453 e. The molecule has 4 atom stereocenters. The first kappa shape index (κ1) is 24.1. The van der Waals surface area contributed by atoms with Crippen molar-refractivity contribution in [1.82, 2.24) is 0 Å². The highest BCUT2D eigenvalue weighted by Crippen LogP contribution is 2.32. The van der Waals surface area contributed by atoms with Gasteiger partial charge in [0.05, 0.1) is 18.8 Å². The van der Waals surface area contributed by atoms with Crippen LogP contribution in [0.25, 0.3) is 0 Å². The van der Waals surface area contributed by atoms with Crippen LogP contribution in [0.4, 0.5) is 0 Å². The van der Waals surface area contributed by atoms with E-state index in [1.807, 2.05) is 0 Å². The number of carbonyl (C=O) groups excluding carboxylic acids is 3. The van der Waals surface area contributed by atoms with Crippen LogP contribution in [0.1, 0.15) is 33.2 Å². The largest absolute Gasteiger partial charge is 0.453 e. The van der Waals surface area contributed by atoms with Crippen molar-refractivity contribution < 1.29 is 48.0 Å². The molecule has 184 valence electrons. The Morgan fingerprint density at radius 1 is 0.971 bits per heavy atom. The first-order chi connectivity index (χ1) is 16.8. The van der Waals surface area contributed by atoms with E-state index in [0.717, 1.165) is 0 Å². The Balaban J connectivity index is 1.36. The number of rotatable bonds is 8. The zero-order valence-corrected chi connectivity index (χ0v) is 18.5. The van der Waals surface area contributed by atoms with E-state index in [1.54, 1.807) is 24.3 Å². The van der Waals surface area contributed by atoms with Gasteiger partial charge in [-0.15, -0.1) is 10.1 Å². The summed E-state index contributed by atoms with van der Waals surface area (Å²) in [4.78, 5) is 51.3. The van der Waals surface area contributed by atoms with Crippen molar-refractivity contribution >= 4 is 17.9 Å². The summed E-state index contributed by atoms with van der Waals surface area (Å²) < 4.78 is 27.5. The van der Waals surface area contributed by atoms with Gasteiger partial charge in [-0.25, -0.2) is 9.59 Å². The van der Waals surface area contributed by atoms with Crippen molar-refractivity contribution in [2.75, 3.05) is 13.2 Å². The Morgan fingerprint density at radius 2 is 1.63 bits per heavy atom. The van der Waals surface area contributed by atoms with Gasteiger partial charge in [-0.1, -0.05) is 24.3 Å². The van der Waals surface area contributed by atoms with Gasteiger partial charge < -0.3 is 28.5 Å². The van der Waals surface area contributed by atoms with Crippen LogP contribution in [-0.4, -0.2) is 60.6 Å². The number of esters is 3. The van der Waals surface area contributed by atoms with Gasteiger partial charge in [0.15, 0.2) is 12.2 Å². The standard InChI is InChI=1S/C23H21NO11/c1-13(25)33-17-8-3-2-7-16(17)23(27)35-19-12-31-20-18(11-30-21(19)20)34-22(26)15-6-4-5-14(9-15)10-32-24(28)29/h2-9,18-21H,10-12H2,1H3/t18-,19?,20-,21-/m1/s1. The highest BCUT2D eigenvalue weighted by Gasteiger charge is 2.51. The van der Waals surface area contributed by atoms with Crippen LogP contribution in [0.3, 0.4) is 0 Å². The molecule has 1 unspecified atom stereocenters. The summed E-state index contributed by atoms with van der Waals surface area (Å²) in [6.07, 6.45) is -2.81. The second kappa shape index (κ2) is 10.5. The number of benzene rings is 2. The molecule has 12 heteroatoms. The lowest BCUT2D eigenvalue weighted by atomic mass is 10.1. The van der Waals surface area contributed by atoms with Gasteiger partial charge >= 0.3 is 17.9 Å². The molecule has 2 aromatic rings.